The average molecular weight is 270 g/mol. The number of imidazole rings is 1. The molecule has 2 heterocycles. The van der Waals surface area contributed by atoms with E-state index in [1.165, 1.54) is 18.6 Å². The van der Waals surface area contributed by atoms with Crippen molar-refractivity contribution in [3.8, 4) is 0 Å². The zero-order chi connectivity index (χ0) is 13.0. The van der Waals surface area contributed by atoms with E-state index < -0.39 is 20.9 Å². The van der Waals surface area contributed by atoms with Crippen LogP contribution in [-0.2, 0) is 16.4 Å². The summed E-state index contributed by atoms with van der Waals surface area (Å²) in [4.78, 5) is 10.2. The molecule has 0 aliphatic carbocycles. The molecule has 2 aromatic rings. The third-order valence-corrected chi connectivity index (χ3v) is 3.61. The van der Waals surface area contributed by atoms with Crippen LogP contribution >= 0.6 is 0 Å². The van der Waals surface area contributed by atoms with Crippen molar-refractivity contribution in [1.29, 1.82) is 0 Å². The van der Waals surface area contributed by atoms with Crippen LogP contribution in [0.3, 0.4) is 0 Å². The normalized spacial score (nSPS) is 11.6. The van der Waals surface area contributed by atoms with Gasteiger partial charge in [0.25, 0.3) is 10.0 Å². The molecule has 0 amide bonds. The summed E-state index contributed by atoms with van der Waals surface area (Å²) in [6.45, 7) is 0.139. The maximum atomic E-state index is 13.3. The SMILES string of the molecule is O=S(=O)(NCCc1cnc[nH]1)c1ncccc1F. The first-order valence-electron chi connectivity index (χ1n) is 5.17. The van der Waals surface area contributed by atoms with Crippen LogP contribution in [0.25, 0.3) is 0 Å². The first kappa shape index (κ1) is 12.7. The Bertz CT molecular complexity index is 613. The van der Waals surface area contributed by atoms with E-state index in [0.29, 0.717) is 6.42 Å². The van der Waals surface area contributed by atoms with Gasteiger partial charge in [0, 0.05) is 31.1 Å². The molecule has 0 saturated carbocycles. The number of sulfonamides is 1. The molecule has 8 heteroatoms. The van der Waals surface area contributed by atoms with Crippen LogP contribution in [0.2, 0.25) is 0 Å². The summed E-state index contributed by atoms with van der Waals surface area (Å²) in [5.74, 6) is -0.869. The molecular weight excluding hydrogens is 259 g/mol. The number of pyridine rings is 1. The summed E-state index contributed by atoms with van der Waals surface area (Å²) >= 11 is 0. The van der Waals surface area contributed by atoms with Gasteiger partial charge in [0.15, 0.2) is 5.82 Å². The van der Waals surface area contributed by atoms with Crippen LogP contribution in [0.1, 0.15) is 5.69 Å². The fraction of sp³-hybridized carbons (Fsp3) is 0.200. The molecule has 18 heavy (non-hydrogen) atoms. The quantitative estimate of drug-likeness (QED) is 0.826. The minimum Gasteiger partial charge on any atom is -0.348 e. The van der Waals surface area contributed by atoms with E-state index in [4.69, 9.17) is 0 Å². The van der Waals surface area contributed by atoms with Gasteiger partial charge in [-0.1, -0.05) is 0 Å². The highest BCUT2D eigenvalue weighted by molar-refractivity contribution is 7.89. The van der Waals surface area contributed by atoms with Gasteiger partial charge in [-0.15, -0.1) is 0 Å². The van der Waals surface area contributed by atoms with Gasteiger partial charge in [-0.05, 0) is 12.1 Å². The summed E-state index contributed by atoms with van der Waals surface area (Å²) in [6, 6.07) is 2.38. The smallest absolute Gasteiger partial charge is 0.261 e. The Hall–Kier alpha value is -1.80. The number of aromatic amines is 1. The van der Waals surface area contributed by atoms with Gasteiger partial charge in [-0.2, -0.15) is 0 Å². The second-order valence-electron chi connectivity index (χ2n) is 3.51. The zero-order valence-corrected chi connectivity index (χ0v) is 10.1. The van der Waals surface area contributed by atoms with Crippen molar-refractivity contribution in [2.75, 3.05) is 6.54 Å². The lowest BCUT2D eigenvalue weighted by Crippen LogP contribution is -2.27. The van der Waals surface area contributed by atoms with Gasteiger partial charge >= 0.3 is 0 Å². The van der Waals surface area contributed by atoms with Crippen LogP contribution in [0.4, 0.5) is 4.39 Å². The highest BCUT2D eigenvalue weighted by atomic mass is 32.2. The zero-order valence-electron chi connectivity index (χ0n) is 9.30. The van der Waals surface area contributed by atoms with Crippen LogP contribution in [0, 0.1) is 5.82 Å². The molecule has 0 fully saturated rings. The van der Waals surface area contributed by atoms with Crippen LogP contribution in [0.5, 0.6) is 0 Å². The number of H-pyrrole nitrogens is 1. The lowest BCUT2D eigenvalue weighted by Gasteiger charge is -2.05. The van der Waals surface area contributed by atoms with E-state index in [1.807, 2.05) is 0 Å². The monoisotopic (exact) mass is 270 g/mol. The van der Waals surface area contributed by atoms with Gasteiger partial charge in [0.2, 0.25) is 5.03 Å². The number of halogens is 1. The fourth-order valence-corrected chi connectivity index (χ4v) is 2.41. The van der Waals surface area contributed by atoms with Gasteiger partial charge < -0.3 is 4.98 Å². The standard InChI is InChI=1S/C10H11FN4O2S/c11-9-2-1-4-13-10(9)18(16,17)15-5-3-8-6-12-7-14-8/h1-2,4,6-7,15H,3,5H2,(H,12,14). The molecule has 2 aromatic heterocycles. The molecule has 0 saturated heterocycles. The molecule has 0 aliphatic heterocycles. The van der Waals surface area contributed by atoms with E-state index in [1.54, 1.807) is 6.20 Å². The topological polar surface area (TPSA) is 87.7 Å². The third-order valence-electron chi connectivity index (χ3n) is 2.22. The van der Waals surface area contributed by atoms with E-state index in [-0.39, 0.29) is 6.54 Å². The van der Waals surface area contributed by atoms with Gasteiger partial charge in [-0.3, -0.25) is 0 Å². The summed E-state index contributed by atoms with van der Waals surface area (Å²) in [6.07, 6.45) is 4.76. The molecule has 2 rings (SSSR count). The van der Waals surface area contributed by atoms with Gasteiger partial charge in [-0.25, -0.2) is 27.5 Å². The minimum absolute atomic E-state index is 0.139. The first-order chi connectivity index (χ1) is 8.59. The molecule has 0 aromatic carbocycles. The predicted molar refractivity (Wildman–Crippen MR) is 61.7 cm³/mol. The molecule has 2 N–H and O–H groups in total. The lowest BCUT2D eigenvalue weighted by atomic mass is 10.3. The Kier molecular flexibility index (Phi) is 3.68. The summed E-state index contributed by atoms with van der Waals surface area (Å²) < 4.78 is 39.0. The third kappa shape index (κ3) is 2.90. The highest BCUT2D eigenvalue weighted by Gasteiger charge is 2.19. The van der Waals surface area contributed by atoms with Crippen molar-refractivity contribution in [3.63, 3.8) is 0 Å². The number of hydrogen-bond donors (Lipinski definition) is 2. The van der Waals surface area contributed by atoms with Crippen molar-refractivity contribution in [3.05, 3.63) is 42.4 Å². The lowest BCUT2D eigenvalue weighted by molar-refractivity contribution is 0.544. The second-order valence-corrected chi connectivity index (χ2v) is 5.20. The second kappa shape index (κ2) is 5.23. The van der Waals surface area contributed by atoms with E-state index in [0.717, 1.165) is 11.8 Å². The number of rotatable bonds is 5. The molecule has 0 bridgehead atoms. The Balaban J connectivity index is 2.02. The van der Waals surface area contributed by atoms with Crippen molar-refractivity contribution < 1.29 is 12.8 Å². The summed E-state index contributed by atoms with van der Waals surface area (Å²) in [5, 5.41) is -0.588. The van der Waals surface area contributed by atoms with E-state index >= 15 is 0 Å². The Morgan fingerprint density at radius 3 is 2.94 bits per heavy atom. The molecule has 96 valence electrons. The van der Waals surface area contributed by atoms with Gasteiger partial charge in [0.1, 0.15) is 0 Å². The Labute approximate surface area is 103 Å². The van der Waals surface area contributed by atoms with Crippen LogP contribution in [-0.4, -0.2) is 29.9 Å². The number of aromatic nitrogens is 3. The average Bonchev–Trinajstić information content (AvgIpc) is 2.82. The number of hydrogen-bond acceptors (Lipinski definition) is 4. The first-order valence-corrected chi connectivity index (χ1v) is 6.65. The van der Waals surface area contributed by atoms with Crippen LogP contribution in [0.15, 0.2) is 35.9 Å². The minimum atomic E-state index is -3.91. The molecule has 0 spiro atoms. The van der Waals surface area contributed by atoms with Crippen LogP contribution < -0.4 is 4.72 Å². The predicted octanol–water partition coefficient (Wildman–Crippen LogP) is 0.465. The van der Waals surface area contributed by atoms with Crippen molar-refractivity contribution >= 4 is 10.0 Å². The fourth-order valence-electron chi connectivity index (χ4n) is 1.38. The number of nitrogens with one attached hydrogen (secondary N) is 2. The Morgan fingerprint density at radius 1 is 1.44 bits per heavy atom. The molecule has 0 unspecified atom stereocenters. The summed E-state index contributed by atoms with van der Waals surface area (Å²) in [5.41, 5.74) is 0.791. The largest absolute Gasteiger partial charge is 0.348 e. The van der Waals surface area contributed by atoms with E-state index in [9.17, 15) is 12.8 Å². The maximum Gasteiger partial charge on any atom is 0.261 e. The van der Waals surface area contributed by atoms with Crippen molar-refractivity contribution in [1.82, 2.24) is 19.7 Å². The number of nitrogens with zero attached hydrogens (tertiary/aromatic N) is 2. The van der Waals surface area contributed by atoms with Crippen molar-refractivity contribution in [2.45, 2.75) is 11.4 Å². The maximum absolute atomic E-state index is 13.3. The van der Waals surface area contributed by atoms with E-state index in [2.05, 4.69) is 19.7 Å². The Morgan fingerprint density at radius 2 is 2.28 bits per heavy atom. The summed E-state index contributed by atoms with van der Waals surface area (Å²) in [7, 11) is -3.91. The molecule has 0 aliphatic rings. The van der Waals surface area contributed by atoms with Gasteiger partial charge in [0.05, 0.1) is 6.33 Å². The van der Waals surface area contributed by atoms with Crippen molar-refractivity contribution in [2.24, 2.45) is 0 Å². The molecule has 0 radical (unpaired) electrons. The molecular formula is C10H11FN4O2S. The highest BCUT2D eigenvalue weighted by Crippen LogP contribution is 2.09. The molecule has 6 nitrogen and oxygen atoms in total. The molecule has 0 atom stereocenters.